The SMILES string of the molecule is COc1ccc(NC(=O)NCc2cccnc2-n2cccn2)cc1OCC(F)(F)F. The predicted molar refractivity (Wildman–Crippen MR) is 102 cm³/mol. The van der Waals surface area contributed by atoms with E-state index in [0.29, 0.717) is 5.82 Å². The molecule has 0 radical (unpaired) electrons. The van der Waals surface area contributed by atoms with Crippen molar-refractivity contribution in [2.75, 3.05) is 19.0 Å². The van der Waals surface area contributed by atoms with Crippen molar-refractivity contribution in [3.8, 4) is 17.3 Å². The normalized spacial score (nSPS) is 11.1. The zero-order chi connectivity index (χ0) is 21.6. The Morgan fingerprint density at radius 2 is 2.00 bits per heavy atom. The summed E-state index contributed by atoms with van der Waals surface area (Å²) in [6.07, 6.45) is 0.453. The maximum absolute atomic E-state index is 12.4. The van der Waals surface area contributed by atoms with Crippen LogP contribution in [0.5, 0.6) is 11.5 Å². The number of carbonyl (C=O) groups is 1. The average Bonchev–Trinajstić information content (AvgIpc) is 3.25. The summed E-state index contributed by atoms with van der Waals surface area (Å²) in [5, 5.41) is 9.34. The first-order chi connectivity index (χ1) is 14.4. The molecule has 0 saturated carbocycles. The second-order valence-electron chi connectivity index (χ2n) is 6.01. The second-order valence-corrected chi connectivity index (χ2v) is 6.01. The summed E-state index contributed by atoms with van der Waals surface area (Å²) in [6.45, 7) is -1.32. The molecule has 11 heteroatoms. The summed E-state index contributed by atoms with van der Waals surface area (Å²) < 4.78 is 48.6. The van der Waals surface area contributed by atoms with Crippen molar-refractivity contribution in [2.45, 2.75) is 12.7 Å². The second kappa shape index (κ2) is 9.16. The fourth-order valence-electron chi connectivity index (χ4n) is 2.55. The van der Waals surface area contributed by atoms with Crippen LogP contribution in [0.4, 0.5) is 23.7 Å². The van der Waals surface area contributed by atoms with Crippen molar-refractivity contribution in [2.24, 2.45) is 0 Å². The molecule has 1 aromatic carbocycles. The van der Waals surface area contributed by atoms with Gasteiger partial charge in [-0.05, 0) is 24.3 Å². The Hall–Kier alpha value is -3.76. The van der Waals surface area contributed by atoms with Crippen LogP contribution >= 0.6 is 0 Å². The van der Waals surface area contributed by atoms with Crippen LogP contribution in [0.25, 0.3) is 5.82 Å². The summed E-state index contributed by atoms with van der Waals surface area (Å²) in [6, 6.07) is 8.86. The summed E-state index contributed by atoms with van der Waals surface area (Å²) in [7, 11) is 1.31. The first-order valence-electron chi connectivity index (χ1n) is 8.72. The Morgan fingerprint density at radius 3 is 2.70 bits per heavy atom. The van der Waals surface area contributed by atoms with Gasteiger partial charge in [-0.1, -0.05) is 6.07 Å². The number of benzene rings is 1. The van der Waals surface area contributed by atoms with Crippen molar-refractivity contribution in [1.29, 1.82) is 0 Å². The molecule has 0 bridgehead atoms. The molecule has 3 rings (SSSR count). The topological polar surface area (TPSA) is 90.3 Å². The van der Waals surface area contributed by atoms with Crippen molar-refractivity contribution >= 4 is 11.7 Å². The molecule has 2 aromatic heterocycles. The molecule has 2 amide bonds. The Morgan fingerprint density at radius 1 is 1.17 bits per heavy atom. The van der Waals surface area contributed by atoms with E-state index in [-0.39, 0.29) is 23.7 Å². The third-order valence-corrected chi connectivity index (χ3v) is 3.84. The zero-order valence-corrected chi connectivity index (χ0v) is 15.8. The van der Waals surface area contributed by atoms with E-state index in [1.165, 1.54) is 25.3 Å². The third kappa shape index (κ3) is 5.63. The van der Waals surface area contributed by atoms with E-state index in [0.717, 1.165) is 5.56 Å². The molecule has 8 nitrogen and oxygen atoms in total. The average molecular weight is 421 g/mol. The van der Waals surface area contributed by atoms with Crippen molar-refractivity contribution in [3.05, 3.63) is 60.6 Å². The van der Waals surface area contributed by atoms with E-state index in [4.69, 9.17) is 9.47 Å². The molecule has 0 atom stereocenters. The molecular formula is C19H18F3N5O3. The lowest BCUT2D eigenvalue weighted by Gasteiger charge is -2.14. The number of nitrogens with one attached hydrogen (secondary N) is 2. The van der Waals surface area contributed by atoms with Gasteiger partial charge in [0.25, 0.3) is 0 Å². The Balaban J connectivity index is 1.64. The largest absolute Gasteiger partial charge is 0.493 e. The highest BCUT2D eigenvalue weighted by atomic mass is 19.4. The zero-order valence-electron chi connectivity index (χ0n) is 15.8. The Labute approximate surface area is 169 Å². The van der Waals surface area contributed by atoms with Crippen LogP contribution < -0.4 is 20.1 Å². The highest BCUT2D eigenvalue weighted by molar-refractivity contribution is 5.89. The van der Waals surface area contributed by atoms with Gasteiger partial charge in [0.1, 0.15) is 0 Å². The fraction of sp³-hybridized carbons (Fsp3) is 0.211. The number of hydrogen-bond acceptors (Lipinski definition) is 5. The van der Waals surface area contributed by atoms with Crippen LogP contribution in [0.15, 0.2) is 55.0 Å². The molecule has 30 heavy (non-hydrogen) atoms. The number of ether oxygens (including phenoxy) is 2. The monoisotopic (exact) mass is 421 g/mol. The summed E-state index contributed by atoms with van der Waals surface area (Å²) >= 11 is 0. The quantitative estimate of drug-likeness (QED) is 0.609. The standard InChI is InChI=1S/C19H18F3N5O3/c1-29-15-6-5-14(10-16(15)30-12-19(20,21)22)26-18(28)24-11-13-4-2-7-23-17(13)27-9-3-8-25-27/h2-10H,11-12H2,1H3,(H2,24,26,28). The van der Waals surface area contributed by atoms with Crippen molar-refractivity contribution < 1.29 is 27.4 Å². The predicted octanol–water partition coefficient (Wildman–Crippen LogP) is 3.54. The Kier molecular flexibility index (Phi) is 6.40. The van der Waals surface area contributed by atoms with Gasteiger partial charge in [0, 0.05) is 42.5 Å². The number of hydrogen-bond donors (Lipinski definition) is 2. The molecule has 0 aliphatic heterocycles. The highest BCUT2D eigenvalue weighted by Crippen LogP contribution is 2.31. The van der Waals surface area contributed by atoms with Gasteiger partial charge in [-0.2, -0.15) is 18.3 Å². The third-order valence-electron chi connectivity index (χ3n) is 3.84. The number of rotatable bonds is 7. The van der Waals surface area contributed by atoms with Gasteiger partial charge < -0.3 is 20.1 Å². The Bertz CT molecular complexity index is 993. The van der Waals surface area contributed by atoms with Crippen LogP contribution in [0.3, 0.4) is 0 Å². The highest BCUT2D eigenvalue weighted by Gasteiger charge is 2.29. The molecular weight excluding hydrogens is 403 g/mol. The number of carbonyl (C=O) groups excluding carboxylic acids is 1. The molecule has 0 saturated heterocycles. The van der Waals surface area contributed by atoms with E-state index in [1.54, 1.807) is 41.5 Å². The van der Waals surface area contributed by atoms with Crippen LogP contribution in [0, 0.1) is 0 Å². The lowest BCUT2D eigenvalue weighted by atomic mass is 10.2. The van der Waals surface area contributed by atoms with E-state index < -0.39 is 18.8 Å². The molecule has 2 N–H and O–H groups in total. The van der Waals surface area contributed by atoms with Crippen LogP contribution in [-0.4, -0.2) is 40.7 Å². The maximum atomic E-state index is 12.4. The number of methoxy groups -OCH3 is 1. The number of alkyl halides is 3. The van der Waals surface area contributed by atoms with Gasteiger partial charge >= 0.3 is 12.2 Å². The maximum Gasteiger partial charge on any atom is 0.422 e. The van der Waals surface area contributed by atoms with Crippen molar-refractivity contribution in [1.82, 2.24) is 20.1 Å². The minimum atomic E-state index is -4.50. The number of anilines is 1. The summed E-state index contributed by atoms with van der Waals surface area (Å²) in [4.78, 5) is 16.5. The molecule has 0 unspecified atom stereocenters. The van der Waals surface area contributed by atoms with Gasteiger partial charge in [0.2, 0.25) is 0 Å². The van der Waals surface area contributed by atoms with Crippen molar-refractivity contribution in [3.63, 3.8) is 0 Å². The number of urea groups is 1. The van der Waals surface area contributed by atoms with Gasteiger partial charge in [-0.15, -0.1) is 0 Å². The summed E-state index contributed by atoms with van der Waals surface area (Å²) in [5.41, 5.74) is 0.962. The summed E-state index contributed by atoms with van der Waals surface area (Å²) in [5.74, 6) is 0.542. The number of pyridine rings is 1. The molecule has 0 aliphatic rings. The van der Waals surface area contributed by atoms with E-state index in [1.807, 2.05) is 0 Å². The minimum Gasteiger partial charge on any atom is -0.493 e. The minimum absolute atomic E-state index is 0.115. The fourth-order valence-corrected chi connectivity index (χ4v) is 2.55. The number of halogens is 3. The molecule has 0 spiro atoms. The van der Waals surface area contributed by atoms with E-state index >= 15 is 0 Å². The first-order valence-corrected chi connectivity index (χ1v) is 8.72. The molecule has 158 valence electrons. The van der Waals surface area contributed by atoms with E-state index in [2.05, 4.69) is 20.7 Å². The lowest BCUT2D eigenvalue weighted by molar-refractivity contribution is -0.153. The number of nitrogens with zero attached hydrogens (tertiary/aromatic N) is 3. The first kappa shape index (κ1) is 21.0. The van der Waals surface area contributed by atoms with Crippen LogP contribution in [0.2, 0.25) is 0 Å². The van der Waals surface area contributed by atoms with Gasteiger partial charge in [0.05, 0.1) is 7.11 Å². The van der Waals surface area contributed by atoms with Gasteiger partial charge in [-0.3, -0.25) is 0 Å². The number of amides is 2. The van der Waals surface area contributed by atoms with Gasteiger partial charge in [0.15, 0.2) is 23.9 Å². The van der Waals surface area contributed by atoms with Crippen LogP contribution in [-0.2, 0) is 6.54 Å². The van der Waals surface area contributed by atoms with Crippen LogP contribution in [0.1, 0.15) is 5.56 Å². The smallest absolute Gasteiger partial charge is 0.422 e. The number of aromatic nitrogens is 3. The molecule has 0 fully saturated rings. The lowest BCUT2D eigenvalue weighted by Crippen LogP contribution is -2.28. The van der Waals surface area contributed by atoms with E-state index in [9.17, 15) is 18.0 Å². The molecule has 0 aliphatic carbocycles. The van der Waals surface area contributed by atoms with Gasteiger partial charge in [-0.25, -0.2) is 14.5 Å². The molecule has 2 heterocycles. The molecule has 3 aromatic rings.